The zero-order chi connectivity index (χ0) is 21.6. The molecule has 0 aliphatic carbocycles. The van der Waals surface area contributed by atoms with Gasteiger partial charge in [-0.2, -0.15) is 0 Å². The van der Waals surface area contributed by atoms with Crippen molar-refractivity contribution in [2.75, 3.05) is 11.9 Å². The molecule has 2 heterocycles. The Morgan fingerprint density at radius 1 is 0.800 bits per heavy atom. The molecule has 0 radical (unpaired) electrons. The lowest BCUT2D eigenvalue weighted by Gasteiger charge is -2.23. The van der Waals surface area contributed by atoms with E-state index in [1.165, 1.54) is 6.07 Å². The number of H-pyrrole nitrogens is 2. The van der Waals surface area contributed by atoms with Crippen LogP contribution in [-0.2, 0) is 0 Å². The van der Waals surface area contributed by atoms with E-state index in [0.717, 1.165) is 12.1 Å². The summed E-state index contributed by atoms with van der Waals surface area (Å²) in [5.41, 5.74) is -0.532. The third kappa shape index (κ3) is 2.98. The molecule has 0 aliphatic heterocycles. The summed E-state index contributed by atoms with van der Waals surface area (Å²) < 4.78 is 0. The standard InChI is InChI=1S/C21H15N3O6/c1-24(10-5-3-2-4-6-10)19-17-11(15(25)8-13(22-17)20(27)28)7-12-16(26)9-14(21(29)30)23-18(12)19/h2-9H,1H3,(H,22,25)(H,23,26)(H,27,28)(H,29,30). The quantitative estimate of drug-likeness (QED) is 0.382. The number of carbonyl (C=O) groups is 2. The minimum Gasteiger partial charge on any atom is -0.477 e. The van der Waals surface area contributed by atoms with Gasteiger partial charge in [0.15, 0.2) is 10.9 Å². The molecule has 9 heteroatoms. The van der Waals surface area contributed by atoms with Crippen LogP contribution in [0.3, 0.4) is 0 Å². The van der Waals surface area contributed by atoms with Gasteiger partial charge in [0.05, 0.1) is 16.7 Å². The van der Waals surface area contributed by atoms with Crippen molar-refractivity contribution >= 4 is 45.1 Å². The van der Waals surface area contributed by atoms with Crippen LogP contribution in [0.1, 0.15) is 21.0 Å². The van der Waals surface area contributed by atoms with Crippen LogP contribution >= 0.6 is 0 Å². The maximum atomic E-state index is 12.6. The van der Waals surface area contributed by atoms with Crippen molar-refractivity contribution in [1.82, 2.24) is 9.97 Å². The van der Waals surface area contributed by atoms with Crippen molar-refractivity contribution < 1.29 is 19.8 Å². The van der Waals surface area contributed by atoms with Crippen molar-refractivity contribution in [3.8, 4) is 0 Å². The van der Waals surface area contributed by atoms with E-state index in [0.29, 0.717) is 5.69 Å². The van der Waals surface area contributed by atoms with Gasteiger partial charge in [0.1, 0.15) is 11.4 Å². The summed E-state index contributed by atoms with van der Waals surface area (Å²) in [6, 6.07) is 12.2. The van der Waals surface area contributed by atoms with Crippen LogP contribution in [0, 0.1) is 0 Å². The summed E-state index contributed by atoms with van der Waals surface area (Å²) in [6.45, 7) is 0. The minimum absolute atomic E-state index is 0.110. The number of rotatable bonds is 4. The van der Waals surface area contributed by atoms with Gasteiger partial charge in [0.25, 0.3) is 0 Å². The van der Waals surface area contributed by atoms with Crippen LogP contribution in [0.25, 0.3) is 21.8 Å². The Morgan fingerprint density at radius 2 is 1.27 bits per heavy atom. The van der Waals surface area contributed by atoms with Crippen LogP contribution in [0.2, 0.25) is 0 Å². The number of aromatic nitrogens is 2. The van der Waals surface area contributed by atoms with Gasteiger partial charge in [-0.15, -0.1) is 0 Å². The third-order valence-corrected chi connectivity index (χ3v) is 4.84. The maximum Gasteiger partial charge on any atom is 0.352 e. The Hall–Kier alpha value is -4.40. The highest BCUT2D eigenvalue weighted by molar-refractivity contribution is 6.10. The normalized spacial score (nSPS) is 11.0. The number of carboxylic acids is 2. The van der Waals surface area contributed by atoms with Gasteiger partial charge in [0.2, 0.25) is 0 Å². The minimum atomic E-state index is -1.32. The average molecular weight is 405 g/mol. The van der Waals surface area contributed by atoms with E-state index < -0.39 is 22.8 Å². The predicted octanol–water partition coefficient (Wildman–Crippen LogP) is 2.53. The molecule has 0 fully saturated rings. The van der Waals surface area contributed by atoms with E-state index >= 15 is 0 Å². The summed E-state index contributed by atoms with van der Waals surface area (Å²) >= 11 is 0. The number of anilines is 2. The number of hydrogen-bond donors (Lipinski definition) is 4. The molecule has 0 aliphatic rings. The summed E-state index contributed by atoms with van der Waals surface area (Å²) in [5, 5.41) is 19.0. The zero-order valence-electron chi connectivity index (χ0n) is 15.6. The fourth-order valence-electron chi connectivity index (χ4n) is 3.42. The monoisotopic (exact) mass is 405 g/mol. The van der Waals surface area contributed by atoms with Crippen molar-refractivity contribution in [1.29, 1.82) is 0 Å². The Kier molecular flexibility index (Phi) is 4.35. The lowest BCUT2D eigenvalue weighted by molar-refractivity contribution is 0.0680. The molecule has 0 amide bonds. The van der Waals surface area contributed by atoms with E-state index in [1.54, 1.807) is 36.2 Å². The zero-order valence-corrected chi connectivity index (χ0v) is 15.6. The second-order valence-electron chi connectivity index (χ2n) is 6.67. The van der Waals surface area contributed by atoms with Crippen LogP contribution in [0.15, 0.2) is 58.1 Å². The van der Waals surface area contributed by atoms with Crippen molar-refractivity contribution in [2.45, 2.75) is 0 Å². The van der Waals surface area contributed by atoms with Crippen LogP contribution in [0.4, 0.5) is 11.4 Å². The first-order valence-electron chi connectivity index (χ1n) is 8.80. The van der Waals surface area contributed by atoms with Crippen molar-refractivity contribution in [3.63, 3.8) is 0 Å². The largest absolute Gasteiger partial charge is 0.477 e. The molecule has 0 spiro atoms. The fraction of sp³-hybridized carbons (Fsp3) is 0.0476. The molecule has 2 aromatic heterocycles. The number of hydrogen-bond acceptors (Lipinski definition) is 5. The van der Waals surface area contributed by atoms with Gasteiger partial charge in [-0.3, -0.25) is 9.59 Å². The highest BCUT2D eigenvalue weighted by Gasteiger charge is 2.20. The van der Waals surface area contributed by atoms with Gasteiger partial charge in [0, 0.05) is 35.6 Å². The molecule has 30 heavy (non-hydrogen) atoms. The van der Waals surface area contributed by atoms with Crippen LogP contribution in [0.5, 0.6) is 0 Å². The molecule has 150 valence electrons. The molecule has 4 rings (SSSR count). The number of fused-ring (bicyclic) bond motifs is 2. The molecule has 0 unspecified atom stereocenters. The lowest BCUT2D eigenvalue weighted by Crippen LogP contribution is -2.18. The smallest absolute Gasteiger partial charge is 0.352 e. The molecule has 2 aromatic carbocycles. The number of para-hydroxylation sites is 1. The molecule has 4 aromatic rings. The molecule has 0 atom stereocenters. The van der Waals surface area contributed by atoms with E-state index in [4.69, 9.17) is 0 Å². The summed E-state index contributed by atoms with van der Waals surface area (Å²) in [6.07, 6.45) is 0. The van der Waals surface area contributed by atoms with Gasteiger partial charge in [-0.25, -0.2) is 9.59 Å². The lowest BCUT2D eigenvalue weighted by atomic mass is 10.1. The first-order valence-corrected chi connectivity index (χ1v) is 8.80. The molecule has 9 nitrogen and oxygen atoms in total. The first kappa shape index (κ1) is 18.9. The predicted molar refractivity (Wildman–Crippen MR) is 111 cm³/mol. The van der Waals surface area contributed by atoms with E-state index in [-0.39, 0.29) is 38.9 Å². The Bertz CT molecular complexity index is 1370. The van der Waals surface area contributed by atoms with E-state index in [9.17, 15) is 29.4 Å². The second-order valence-corrected chi connectivity index (χ2v) is 6.67. The number of aromatic amines is 2. The number of aromatic carboxylic acids is 2. The SMILES string of the molecule is CN(c1ccccc1)c1c2[nH]c(C(=O)O)cc(=O)c2cc2c(=O)cc(C(=O)O)[nH]c12. The molecule has 0 saturated heterocycles. The molecule has 4 N–H and O–H groups in total. The van der Waals surface area contributed by atoms with Gasteiger partial charge >= 0.3 is 11.9 Å². The van der Waals surface area contributed by atoms with E-state index in [1.807, 2.05) is 6.07 Å². The maximum absolute atomic E-state index is 12.6. The van der Waals surface area contributed by atoms with Crippen molar-refractivity contribution in [2.24, 2.45) is 0 Å². The van der Waals surface area contributed by atoms with Gasteiger partial charge in [-0.1, -0.05) is 18.2 Å². The number of benzene rings is 2. The Morgan fingerprint density at radius 3 is 1.70 bits per heavy atom. The molecule has 0 saturated carbocycles. The number of nitrogens with one attached hydrogen (secondary N) is 2. The molecular formula is C21H15N3O6. The topological polar surface area (TPSA) is 144 Å². The second kappa shape index (κ2) is 6.89. The Balaban J connectivity index is 2.24. The number of nitrogens with zero attached hydrogens (tertiary/aromatic N) is 1. The van der Waals surface area contributed by atoms with Gasteiger partial charge in [-0.05, 0) is 18.2 Å². The number of carboxylic acid groups (broad SMARTS) is 2. The summed E-state index contributed by atoms with van der Waals surface area (Å²) in [7, 11) is 1.67. The van der Waals surface area contributed by atoms with Gasteiger partial charge < -0.3 is 25.1 Å². The first-order chi connectivity index (χ1) is 14.3. The highest BCUT2D eigenvalue weighted by Crippen LogP contribution is 2.34. The highest BCUT2D eigenvalue weighted by atomic mass is 16.4. The average Bonchev–Trinajstić information content (AvgIpc) is 2.72. The van der Waals surface area contributed by atoms with Crippen LogP contribution < -0.4 is 15.8 Å². The van der Waals surface area contributed by atoms with E-state index in [2.05, 4.69) is 9.97 Å². The van der Waals surface area contributed by atoms with Crippen molar-refractivity contribution in [3.05, 3.63) is 80.4 Å². The third-order valence-electron chi connectivity index (χ3n) is 4.84. The summed E-state index contributed by atoms with van der Waals surface area (Å²) in [4.78, 5) is 55.4. The molecule has 0 bridgehead atoms. The fourth-order valence-corrected chi connectivity index (χ4v) is 3.42. The Labute approximate surface area is 167 Å². The molecular weight excluding hydrogens is 390 g/mol. The number of pyridine rings is 2. The van der Waals surface area contributed by atoms with Crippen LogP contribution in [-0.4, -0.2) is 39.2 Å². The summed E-state index contributed by atoms with van der Waals surface area (Å²) in [5.74, 6) is -2.65.